The lowest BCUT2D eigenvalue weighted by Crippen LogP contribution is -2.32. The van der Waals surface area contributed by atoms with Crippen molar-refractivity contribution in [3.8, 4) is 5.75 Å². The lowest BCUT2D eigenvalue weighted by Gasteiger charge is -2.29. The van der Waals surface area contributed by atoms with Crippen molar-refractivity contribution in [3.63, 3.8) is 0 Å². The van der Waals surface area contributed by atoms with E-state index < -0.39 is 10.8 Å². The predicted octanol–water partition coefficient (Wildman–Crippen LogP) is 5.55. The molecule has 0 fully saturated rings. The summed E-state index contributed by atoms with van der Waals surface area (Å²) in [6.07, 6.45) is 1.41. The van der Waals surface area contributed by atoms with E-state index in [2.05, 4.69) is 43.1 Å². The number of hydrazone groups is 1. The molecule has 8 nitrogen and oxygen atoms in total. The number of halogens is 2. The Kier molecular flexibility index (Phi) is 9.94. The Bertz CT molecular complexity index is 1000. The van der Waals surface area contributed by atoms with Crippen LogP contribution in [0.2, 0.25) is 10.0 Å². The number of nitrogens with one attached hydrogen (secondary N) is 1. The zero-order valence-electron chi connectivity index (χ0n) is 19.0. The van der Waals surface area contributed by atoms with Crippen LogP contribution >= 0.6 is 23.2 Å². The van der Waals surface area contributed by atoms with Gasteiger partial charge >= 0.3 is 0 Å². The molecule has 0 aliphatic rings. The van der Waals surface area contributed by atoms with Crippen molar-refractivity contribution in [3.05, 3.63) is 62.1 Å². The SMILES string of the molecule is CC(C)CN(CC(C)C)c1ccc([N+](=O)[O-])cc1/C=N/NC(=O)COc1ccc(Cl)cc1Cl. The van der Waals surface area contributed by atoms with Gasteiger partial charge in [0.1, 0.15) is 5.75 Å². The highest BCUT2D eigenvalue weighted by Crippen LogP contribution is 2.28. The number of nitro groups is 1. The first-order valence-corrected chi connectivity index (χ1v) is 11.3. The van der Waals surface area contributed by atoms with Crippen molar-refractivity contribution in [2.24, 2.45) is 16.9 Å². The molecule has 1 N–H and O–H groups in total. The zero-order valence-corrected chi connectivity index (χ0v) is 20.6. The van der Waals surface area contributed by atoms with Crippen LogP contribution in [0.5, 0.6) is 5.75 Å². The zero-order chi connectivity index (χ0) is 24.5. The summed E-state index contributed by atoms with van der Waals surface area (Å²) in [4.78, 5) is 25.1. The first-order chi connectivity index (χ1) is 15.6. The van der Waals surface area contributed by atoms with Crippen LogP contribution in [0.15, 0.2) is 41.5 Å². The van der Waals surface area contributed by atoms with Gasteiger partial charge in [-0.2, -0.15) is 5.10 Å². The van der Waals surface area contributed by atoms with Gasteiger partial charge in [-0.1, -0.05) is 50.9 Å². The molecule has 0 aliphatic heterocycles. The lowest BCUT2D eigenvalue weighted by atomic mass is 10.1. The van der Waals surface area contributed by atoms with E-state index in [1.54, 1.807) is 18.2 Å². The van der Waals surface area contributed by atoms with Gasteiger partial charge in [0.25, 0.3) is 11.6 Å². The topological polar surface area (TPSA) is 97.1 Å². The van der Waals surface area contributed by atoms with Crippen LogP contribution in [0, 0.1) is 22.0 Å². The number of hydrogen-bond acceptors (Lipinski definition) is 6. The van der Waals surface area contributed by atoms with Gasteiger partial charge in [-0.15, -0.1) is 0 Å². The average Bonchev–Trinajstić information content (AvgIpc) is 2.72. The van der Waals surface area contributed by atoms with Crippen molar-refractivity contribution in [1.82, 2.24) is 5.43 Å². The molecule has 0 aromatic heterocycles. The summed E-state index contributed by atoms with van der Waals surface area (Å²) in [5.74, 6) is 0.588. The van der Waals surface area contributed by atoms with Crippen LogP contribution in [0.4, 0.5) is 11.4 Å². The fourth-order valence-corrected chi connectivity index (χ4v) is 3.60. The van der Waals surface area contributed by atoms with Crippen molar-refractivity contribution in [1.29, 1.82) is 0 Å². The van der Waals surface area contributed by atoms with Crippen LogP contribution in [0.3, 0.4) is 0 Å². The summed E-state index contributed by atoms with van der Waals surface area (Å²) in [6.45, 7) is 9.68. The van der Waals surface area contributed by atoms with Crippen LogP contribution in [0.25, 0.3) is 0 Å². The molecule has 2 rings (SSSR count). The first-order valence-electron chi connectivity index (χ1n) is 10.5. The average molecular weight is 495 g/mol. The fourth-order valence-electron chi connectivity index (χ4n) is 3.14. The second kappa shape index (κ2) is 12.4. The highest BCUT2D eigenvalue weighted by Gasteiger charge is 2.17. The van der Waals surface area contributed by atoms with E-state index in [0.29, 0.717) is 28.2 Å². The van der Waals surface area contributed by atoms with E-state index in [4.69, 9.17) is 27.9 Å². The van der Waals surface area contributed by atoms with Gasteiger partial charge in [-0.05, 0) is 36.1 Å². The Balaban J connectivity index is 2.16. The van der Waals surface area contributed by atoms with Gasteiger partial charge in [0, 0.05) is 41.5 Å². The van der Waals surface area contributed by atoms with Gasteiger partial charge in [-0.3, -0.25) is 14.9 Å². The molecule has 178 valence electrons. The normalized spacial score (nSPS) is 11.3. The highest BCUT2D eigenvalue weighted by molar-refractivity contribution is 6.35. The molecule has 0 saturated carbocycles. The molecule has 2 aromatic carbocycles. The number of anilines is 1. The van der Waals surface area contributed by atoms with E-state index in [1.165, 1.54) is 24.4 Å². The second-order valence-electron chi connectivity index (χ2n) is 8.35. The molecule has 0 aliphatic carbocycles. The number of rotatable bonds is 11. The number of nitrogens with zero attached hydrogens (tertiary/aromatic N) is 3. The molecular weight excluding hydrogens is 467 g/mol. The molecule has 2 aromatic rings. The maximum atomic E-state index is 12.1. The second-order valence-corrected chi connectivity index (χ2v) is 9.19. The summed E-state index contributed by atoms with van der Waals surface area (Å²) >= 11 is 11.9. The van der Waals surface area contributed by atoms with Gasteiger partial charge in [0.15, 0.2) is 6.61 Å². The maximum absolute atomic E-state index is 12.1. The monoisotopic (exact) mass is 494 g/mol. The maximum Gasteiger partial charge on any atom is 0.277 e. The van der Waals surface area contributed by atoms with Crippen molar-refractivity contribution < 1.29 is 14.5 Å². The molecule has 33 heavy (non-hydrogen) atoms. The molecule has 0 bridgehead atoms. The van der Waals surface area contributed by atoms with E-state index in [9.17, 15) is 14.9 Å². The Labute approximate surface area is 203 Å². The molecule has 0 heterocycles. The Morgan fingerprint density at radius 2 is 1.82 bits per heavy atom. The molecule has 1 amide bonds. The quantitative estimate of drug-likeness (QED) is 0.251. The molecular formula is C23H28Cl2N4O4. The van der Waals surface area contributed by atoms with E-state index in [0.717, 1.165) is 18.8 Å². The van der Waals surface area contributed by atoms with Crippen molar-refractivity contribution >= 4 is 46.7 Å². The molecule has 0 unspecified atom stereocenters. The minimum absolute atomic E-state index is 0.0544. The minimum Gasteiger partial charge on any atom is -0.482 e. The third-order valence-corrected chi connectivity index (χ3v) is 4.91. The summed E-state index contributed by atoms with van der Waals surface area (Å²) in [5.41, 5.74) is 3.67. The molecule has 0 spiro atoms. The van der Waals surface area contributed by atoms with Crippen LogP contribution in [0.1, 0.15) is 33.3 Å². The number of hydrogen-bond donors (Lipinski definition) is 1. The van der Waals surface area contributed by atoms with Gasteiger partial charge in [0.05, 0.1) is 16.2 Å². The minimum atomic E-state index is -0.509. The third-order valence-electron chi connectivity index (χ3n) is 4.38. The Morgan fingerprint density at radius 1 is 1.15 bits per heavy atom. The summed E-state index contributed by atoms with van der Waals surface area (Å²) in [7, 11) is 0. The number of nitro benzene ring substituents is 1. The number of amides is 1. The van der Waals surface area contributed by atoms with Crippen molar-refractivity contribution in [2.45, 2.75) is 27.7 Å². The smallest absolute Gasteiger partial charge is 0.277 e. The van der Waals surface area contributed by atoms with E-state index in [-0.39, 0.29) is 17.3 Å². The predicted molar refractivity (Wildman–Crippen MR) is 133 cm³/mol. The third kappa shape index (κ3) is 8.55. The fraction of sp³-hybridized carbons (Fsp3) is 0.391. The molecule has 0 saturated heterocycles. The number of carbonyl (C=O) groups is 1. The number of non-ortho nitro benzene ring substituents is 1. The Hall–Kier alpha value is -2.84. The summed E-state index contributed by atoms with van der Waals surface area (Å²) in [5, 5.41) is 16.0. The number of carbonyl (C=O) groups excluding carboxylic acids is 1. The largest absolute Gasteiger partial charge is 0.482 e. The van der Waals surface area contributed by atoms with E-state index >= 15 is 0 Å². The van der Waals surface area contributed by atoms with Gasteiger partial charge in [0.2, 0.25) is 0 Å². The van der Waals surface area contributed by atoms with Crippen molar-refractivity contribution in [2.75, 3.05) is 24.6 Å². The molecule has 10 heteroatoms. The number of ether oxygens (including phenoxy) is 1. The van der Waals surface area contributed by atoms with Crippen LogP contribution in [-0.2, 0) is 4.79 Å². The Morgan fingerprint density at radius 3 is 2.39 bits per heavy atom. The molecule has 0 radical (unpaired) electrons. The standard InChI is InChI=1S/C23H28Cl2N4O4/c1-15(2)12-28(13-16(3)4)21-7-6-19(29(31)32)9-17(21)11-26-27-23(30)14-33-22-8-5-18(24)10-20(22)25/h5-11,15-16H,12-14H2,1-4H3,(H,27,30)/b26-11+. The lowest BCUT2D eigenvalue weighted by molar-refractivity contribution is -0.384. The highest BCUT2D eigenvalue weighted by atomic mass is 35.5. The number of benzene rings is 2. The summed E-state index contributed by atoms with van der Waals surface area (Å²) < 4.78 is 5.38. The van der Waals surface area contributed by atoms with Crippen LogP contribution < -0.4 is 15.1 Å². The first kappa shape index (κ1) is 26.4. The van der Waals surface area contributed by atoms with E-state index in [1.807, 2.05) is 0 Å². The molecule has 0 atom stereocenters. The summed E-state index contributed by atoms with van der Waals surface area (Å²) in [6, 6.07) is 9.32. The van der Waals surface area contributed by atoms with Gasteiger partial charge in [-0.25, -0.2) is 5.43 Å². The van der Waals surface area contributed by atoms with Gasteiger partial charge < -0.3 is 9.64 Å². The van der Waals surface area contributed by atoms with Crippen LogP contribution in [-0.4, -0.2) is 36.7 Å².